The predicted molar refractivity (Wildman–Crippen MR) is 53.5 cm³/mol. The van der Waals surface area contributed by atoms with Crippen molar-refractivity contribution >= 4 is 16.0 Å². The molecule has 0 bridgehead atoms. The Balaban J connectivity index is 2.01. The molecule has 15 heavy (non-hydrogen) atoms. The van der Waals surface area contributed by atoms with E-state index in [1.54, 1.807) is 0 Å². The van der Waals surface area contributed by atoms with Crippen molar-refractivity contribution in [2.75, 3.05) is 26.5 Å². The van der Waals surface area contributed by atoms with E-state index in [4.69, 9.17) is 0 Å². The fourth-order valence-corrected chi connectivity index (χ4v) is 3.37. The van der Waals surface area contributed by atoms with Gasteiger partial charge in [0.15, 0.2) is 0 Å². The molecule has 1 aliphatic carbocycles. The molecule has 2 aliphatic rings. The van der Waals surface area contributed by atoms with Gasteiger partial charge in [-0.05, 0) is 18.3 Å². The van der Waals surface area contributed by atoms with Crippen LogP contribution in [0.4, 0.5) is 0 Å². The molecule has 86 valence electrons. The van der Waals surface area contributed by atoms with Crippen LogP contribution in [0.3, 0.4) is 0 Å². The van der Waals surface area contributed by atoms with E-state index < -0.39 is 10.0 Å². The van der Waals surface area contributed by atoms with Crippen LogP contribution in [0, 0.1) is 17.8 Å². The number of sulfonamides is 1. The van der Waals surface area contributed by atoms with Crippen molar-refractivity contribution in [2.45, 2.75) is 6.42 Å². The number of ether oxygens (including phenoxy) is 1. The van der Waals surface area contributed by atoms with E-state index in [1.807, 2.05) is 0 Å². The van der Waals surface area contributed by atoms with Crippen LogP contribution < -0.4 is 0 Å². The summed E-state index contributed by atoms with van der Waals surface area (Å²) >= 11 is 0. The quantitative estimate of drug-likeness (QED) is 0.614. The highest BCUT2D eigenvalue weighted by Crippen LogP contribution is 2.52. The highest BCUT2D eigenvalue weighted by atomic mass is 32.2. The second kappa shape index (κ2) is 3.45. The molecule has 5 nitrogen and oxygen atoms in total. The molecule has 0 spiro atoms. The summed E-state index contributed by atoms with van der Waals surface area (Å²) in [5.74, 6) is 0.262. The molecule has 2 rings (SSSR count). The maximum Gasteiger partial charge on any atom is 0.309 e. The molecule has 0 N–H and O–H groups in total. The van der Waals surface area contributed by atoms with Crippen molar-refractivity contribution < 1.29 is 17.9 Å². The Bertz CT molecular complexity index is 378. The van der Waals surface area contributed by atoms with Gasteiger partial charge in [-0.25, -0.2) is 12.7 Å². The lowest BCUT2D eigenvalue weighted by Crippen LogP contribution is -2.36. The first kappa shape index (κ1) is 10.9. The Kier molecular flexibility index (Phi) is 2.50. The van der Waals surface area contributed by atoms with E-state index in [0.29, 0.717) is 19.0 Å². The summed E-state index contributed by atoms with van der Waals surface area (Å²) in [6, 6.07) is 0. The molecule has 0 aromatic rings. The molecule has 2 fully saturated rings. The largest absolute Gasteiger partial charge is 0.469 e. The van der Waals surface area contributed by atoms with E-state index in [-0.39, 0.29) is 17.8 Å². The van der Waals surface area contributed by atoms with Crippen LogP contribution in [0.1, 0.15) is 6.42 Å². The van der Waals surface area contributed by atoms with Crippen LogP contribution in [-0.4, -0.2) is 45.1 Å². The molecular weight excluding hydrogens is 218 g/mol. The third-order valence-electron chi connectivity index (χ3n) is 3.40. The number of esters is 1. The summed E-state index contributed by atoms with van der Waals surface area (Å²) in [6.07, 6.45) is 1.99. The zero-order chi connectivity index (χ0) is 11.2. The van der Waals surface area contributed by atoms with E-state index in [1.165, 1.54) is 17.7 Å². The van der Waals surface area contributed by atoms with Crippen LogP contribution in [0.5, 0.6) is 0 Å². The monoisotopic (exact) mass is 233 g/mol. The molecule has 1 saturated carbocycles. The van der Waals surface area contributed by atoms with Gasteiger partial charge in [0.2, 0.25) is 10.0 Å². The molecule has 0 amide bonds. The summed E-state index contributed by atoms with van der Waals surface area (Å²) < 4.78 is 28.7. The van der Waals surface area contributed by atoms with Crippen molar-refractivity contribution in [3.05, 3.63) is 0 Å². The molecule has 1 saturated heterocycles. The van der Waals surface area contributed by atoms with Gasteiger partial charge in [0.05, 0.1) is 19.3 Å². The molecule has 0 aromatic heterocycles. The number of fused-ring (bicyclic) bond motifs is 1. The first-order chi connectivity index (χ1) is 6.95. The highest BCUT2D eigenvalue weighted by Gasteiger charge is 2.58. The van der Waals surface area contributed by atoms with E-state index in [0.717, 1.165) is 6.42 Å². The van der Waals surface area contributed by atoms with Crippen molar-refractivity contribution in [3.8, 4) is 0 Å². The lowest BCUT2D eigenvalue weighted by atomic mass is 10.2. The minimum absolute atomic E-state index is 0.0678. The minimum Gasteiger partial charge on any atom is -0.469 e. The van der Waals surface area contributed by atoms with Gasteiger partial charge in [-0.3, -0.25) is 4.79 Å². The van der Waals surface area contributed by atoms with Crippen molar-refractivity contribution in [1.29, 1.82) is 0 Å². The number of carbonyl (C=O) groups is 1. The van der Waals surface area contributed by atoms with Crippen molar-refractivity contribution in [3.63, 3.8) is 0 Å². The number of rotatable bonds is 2. The summed E-state index contributed by atoms with van der Waals surface area (Å²) in [7, 11) is -1.73. The molecule has 1 aliphatic heterocycles. The maximum absolute atomic E-state index is 11.3. The molecular formula is C9H15NO4S. The Morgan fingerprint density at radius 3 is 2.60 bits per heavy atom. The normalized spacial score (nSPS) is 35.7. The van der Waals surface area contributed by atoms with Crippen LogP contribution in [-0.2, 0) is 19.6 Å². The van der Waals surface area contributed by atoms with Gasteiger partial charge >= 0.3 is 5.97 Å². The van der Waals surface area contributed by atoms with Gasteiger partial charge in [0.1, 0.15) is 0 Å². The Hall–Kier alpha value is -0.620. The standard InChI is InChI=1S/C9H15NO4S/c1-14-9(11)8-6-3-4-10(5-7(6)8)15(2,12)13/h6-8H,3-5H2,1-2H3/t6-,7+,8+/m0/s1. The van der Waals surface area contributed by atoms with E-state index >= 15 is 0 Å². The smallest absolute Gasteiger partial charge is 0.309 e. The molecule has 3 atom stereocenters. The number of piperidine rings is 1. The molecule has 1 heterocycles. The first-order valence-electron chi connectivity index (χ1n) is 4.98. The number of hydrogen-bond acceptors (Lipinski definition) is 4. The summed E-state index contributed by atoms with van der Waals surface area (Å²) in [5, 5.41) is 0. The zero-order valence-electron chi connectivity index (χ0n) is 8.84. The second-order valence-corrected chi connectivity index (χ2v) is 6.27. The number of nitrogens with zero attached hydrogens (tertiary/aromatic N) is 1. The van der Waals surface area contributed by atoms with Crippen LogP contribution >= 0.6 is 0 Å². The van der Waals surface area contributed by atoms with Crippen molar-refractivity contribution in [1.82, 2.24) is 4.31 Å². The maximum atomic E-state index is 11.3. The average Bonchev–Trinajstić information content (AvgIpc) is 2.88. The van der Waals surface area contributed by atoms with Gasteiger partial charge in [-0.1, -0.05) is 0 Å². The van der Waals surface area contributed by atoms with Gasteiger partial charge in [-0.2, -0.15) is 0 Å². The van der Waals surface area contributed by atoms with Crippen LogP contribution in [0.2, 0.25) is 0 Å². The van der Waals surface area contributed by atoms with Crippen LogP contribution in [0.15, 0.2) is 0 Å². The average molecular weight is 233 g/mol. The topological polar surface area (TPSA) is 63.7 Å². The Labute approximate surface area is 89.4 Å². The van der Waals surface area contributed by atoms with Gasteiger partial charge < -0.3 is 4.74 Å². The molecule has 0 unspecified atom stereocenters. The van der Waals surface area contributed by atoms with Crippen LogP contribution in [0.25, 0.3) is 0 Å². The third kappa shape index (κ3) is 1.88. The van der Waals surface area contributed by atoms with Gasteiger partial charge in [0.25, 0.3) is 0 Å². The first-order valence-corrected chi connectivity index (χ1v) is 6.83. The van der Waals surface area contributed by atoms with Gasteiger partial charge in [-0.15, -0.1) is 0 Å². The molecule has 0 aromatic carbocycles. The number of carbonyl (C=O) groups excluding carboxylic acids is 1. The Morgan fingerprint density at radius 2 is 2.07 bits per heavy atom. The summed E-state index contributed by atoms with van der Waals surface area (Å²) in [4.78, 5) is 11.3. The fourth-order valence-electron chi connectivity index (χ4n) is 2.49. The lowest BCUT2D eigenvalue weighted by Gasteiger charge is -2.23. The third-order valence-corrected chi connectivity index (χ3v) is 4.67. The van der Waals surface area contributed by atoms with Gasteiger partial charge in [0, 0.05) is 13.1 Å². The zero-order valence-corrected chi connectivity index (χ0v) is 9.66. The number of hydrogen-bond donors (Lipinski definition) is 0. The lowest BCUT2D eigenvalue weighted by molar-refractivity contribution is -0.142. The number of methoxy groups -OCH3 is 1. The summed E-state index contributed by atoms with van der Waals surface area (Å²) in [6.45, 7) is 1.01. The SMILES string of the molecule is COC(=O)[C@H]1[C@@H]2CN(S(C)(=O)=O)CC[C@@H]21. The predicted octanol–water partition coefficient (Wildman–Crippen LogP) is -0.313. The fraction of sp³-hybridized carbons (Fsp3) is 0.889. The summed E-state index contributed by atoms with van der Waals surface area (Å²) in [5.41, 5.74) is 0. The van der Waals surface area contributed by atoms with E-state index in [2.05, 4.69) is 4.74 Å². The minimum atomic E-state index is -3.11. The Morgan fingerprint density at radius 1 is 1.40 bits per heavy atom. The van der Waals surface area contributed by atoms with E-state index in [9.17, 15) is 13.2 Å². The molecule has 6 heteroatoms. The highest BCUT2D eigenvalue weighted by molar-refractivity contribution is 7.88. The second-order valence-electron chi connectivity index (χ2n) is 4.29. The van der Waals surface area contributed by atoms with Crippen molar-refractivity contribution in [2.24, 2.45) is 17.8 Å². The molecule has 0 radical (unpaired) electrons.